The molecule has 0 unspecified atom stereocenters. The number of ether oxygens (including phenoxy) is 1. The molecule has 3 N–H and O–H groups in total. The number of aromatic nitrogens is 1. The molecule has 10 heteroatoms. The van der Waals surface area contributed by atoms with Crippen molar-refractivity contribution < 1.29 is 23.5 Å². The number of methoxy groups -OCH3 is 1. The third-order valence-corrected chi connectivity index (χ3v) is 7.90. The molecule has 5 rings (SSSR count). The van der Waals surface area contributed by atoms with Crippen molar-refractivity contribution in [2.24, 2.45) is 5.41 Å². The van der Waals surface area contributed by atoms with Crippen LogP contribution in [0.2, 0.25) is 5.02 Å². The van der Waals surface area contributed by atoms with Crippen molar-refractivity contribution in [3.63, 3.8) is 0 Å². The fourth-order valence-electron chi connectivity index (χ4n) is 6.02. The maximum Gasteiger partial charge on any atom is 0.337 e. The van der Waals surface area contributed by atoms with E-state index >= 15 is 4.39 Å². The number of halogens is 2. The molecular formula is C30H30ClFN4O4. The first-order valence-electron chi connectivity index (χ1n) is 12.9. The van der Waals surface area contributed by atoms with Crippen LogP contribution in [0.5, 0.6) is 0 Å². The molecule has 1 aromatic heterocycles. The fourth-order valence-corrected chi connectivity index (χ4v) is 6.20. The van der Waals surface area contributed by atoms with E-state index in [1.807, 2.05) is 20.8 Å². The van der Waals surface area contributed by atoms with Gasteiger partial charge < -0.3 is 20.7 Å². The van der Waals surface area contributed by atoms with Gasteiger partial charge in [-0.2, -0.15) is 0 Å². The predicted molar refractivity (Wildman–Crippen MR) is 150 cm³/mol. The van der Waals surface area contributed by atoms with Crippen LogP contribution < -0.4 is 16.0 Å². The molecule has 0 bridgehead atoms. The van der Waals surface area contributed by atoms with Crippen molar-refractivity contribution >= 4 is 40.9 Å². The zero-order valence-electron chi connectivity index (χ0n) is 22.5. The van der Waals surface area contributed by atoms with Crippen LogP contribution in [-0.2, 0) is 19.7 Å². The minimum absolute atomic E-state index is 0.103. The number of nitrogens with zero attached hydrogens (tertiary/aromatic N) is 1. The van der Waals surface area contributed by atoms with Gasteiger partial charge in [-0.05, 0) is 53.8 Å². The zero-order valence-corrected chi connectivity index (χ0v) is 23.3. The second-order valence-electron chi connectivity index (χ2n) is 11.4. The molecule has 2 amide bonds. The molecular weight excluding hydrogens is 535 g/mol. The summed E-state index contributed by atoms with van der Waals surface area (Å²) in [5.74, 6) is -2.57. The highest BCUT2D eigenvalue weighted by Gasteiger charge is 2.66. The van der Waals surface area contributed by atoms with Gasteiger partial charge in [0.25, 0.3) is 0 Å². The van der Waals surface area contributed by atoms with Gasteiger partial charge in [-0.1, -0.05) is 50.6 Å². The van der Waals surface area contributed by atoms with Crippen LogP contribution in [0.25, 0.3) is 0 Å². The first-order chi connectivity index (χ1) is 19.0. The van der Waals surface area contributed by atoms with Gasteiger partial charge in [-0.15, -0.1) is 0 Å². The third kappa shape index (κ3) is 4.63. The number of hydrogen-bond acceptors (Lipinski definition) is 6. The highest BCUT2D eigenvalue weighted by molar-refractivity contribution is 6.30. The summed E-state index contributed by atoms with van der Waals surface area (Å²) in [6, 6.07) is 12.8. The topological polar surface area (TPSA) is 109 Å². The molecule has 208 valence electrons. The maximum atomic E-state index is 15.8. The number of anilines is 2. The van der Waals surface area contributed by atoms with Crippen LogP contribution in [0.1, 0.15) is 54.6 Å². The van der Waals surface area contributed by atoms with E-state index in [-0.39, 0.29) is 21.9 Å². The van der Waals surface area contributed by atoms with E-state index in [0.29, 0.717) is 29.1 Å². The lowest BCUT2D eigenvalue weighted by atomic mass is 9.62. The number of hydrogen-bond donors (Lipinski definition) is 3. The average molecular weight is 565 g/mol. The van der Waals surface area contributed by atoms with Gasteiger partial charge in [0.05, 0.1) is 23.7 Å². The first kappa shape index (κ1) is 27.7. The lowest BCUT2D eigenvalue weighted by Gasteiger charge is -2.37. The van der Waals surface area contributed by atoms with Gasteiger partial charge in [-0.3, -0.25) is 9.59 Å². The molecule has 4 atom stereocenters. The molecule has 3 heterocycles. The Balaban J connectivity index is 1.65. The summed E-state index contributed by atoms with van der Waals surface area (Å²) >= 11 is 6.23. The first-order valence-corrected chi connectivity index (χ1v) is 13.3. The van der Waals surface area contributed by atoms with Crippen molar-refractivity contribution in [1.29, 1.82) is 0 Å². The van der Waals surface area contributed by atoms with Crippen molar-refractivity contribution in [2.45, 2.75) is 50.6 Å². The molecule has 1 spiro atoms. The Bertz CT molecular complexity index is 1490. The summed E-state index contributed by atoms with van der Waals surface area (Å²) in [4.78, 5) is 44.2. The molecule has 2 aromatic carbocycles. The highest BCUT2D eigenvalue weighted by Crippen LogP contribution is 2.56. The summed E-state index contributed by atoms with van der Waals surface area (Å²) < 4.78 is 20.5. The zero-order chi connectivity index (χ0) is 28.8. The number of nitrogens with one attached hydrogen (secondary N) is 3. The predicted octanol–water partition coefficient (Wildman–Crippen LogP) is 5.05. The summed E-state index contributed by atoms with van der Waals surface area (Å²) in [6.07, 6.45) is 2.08. The molecule has 2 aliphatic heterocycles. The molecule has 1 fully saturated rings. The number of rotatable bonds is 5. The molecule has 8 nitrogen and oxygen atoms in total. The van der Waals surface area contributed by atoms with Gasteiger partial charge in [0.1, 0.15) is 17.1 Å². The Labute approximate surface area is 236 Å². The summed E-state index contributed by atoms with van der Waals surface area (Å²) in [6.45, 7) is 6.14. The van der Waals surface area contributed by atoms with Gasteiger partial charge in [0.15, 0.2) is 0 Å². The molecule has 0 radical (unpaired) electrons. The van der Waals surface area contributed by atoms with Gasteiger partial charge in [-0.25, -0.2) is 14.2 Å². The maximum absolute atomic E-state index is 15.8. The Morgan fingerprint density at radius 3 is 2.52 bits per heavy atom. The van der Waals surface area contributed by atoms with Gasteiger partial charge in [0.2, 0.25) is 11.8 Å². The molecule has 0 saturated carbocycles. The second-order valence-corrected chi connectivity index (χ2v) is 11.8. The van der Waals surface area contributed by atoms with Crippen LogP contribution in [0, 0.1) is 11.2 Å². The van der Waals surface area contributed by atoms with Gasteiger partial charge >= 0.3 is 5.97 Å². The number of carbonyl (C=O) groups excluding carboxylic acids is 3. The Morgan fingerprint density at radius 1 is 1.12 bits per heavy atom. The van der Waals surface area contributed by atoms with E-state index in [1.165, 1.54) is 25.3 Å². The number of pyridine rings is 1. The molecule has 0 aliphatic carbocycles. The van der Waals surface area contributed by atoms with Crippen molar-refractivity contribution in [1.82, 2.24) is 10.3 Å². The monoisotopic (exact) mass is 564 g/mol. The minimum atomic E-state index is -1.35. The van der Waals surface area contributed by atoms with Crippen LogP contribution in [-0.4, -0.2) is 42.0 Å². The van der Waals surface area contributed by atoms with E-state index in [2.05, 4.69) is 20.9 Å². The van der Waals surface area contributed by atoms with Crippen LogP contribution in [0.3, 0.4) is 0 Å². The van der Waals surface area contributed by atoms with Crippen molar-refractivity contribution in [3.8, 4) is 0 Å². The van der Waals surface area contributed by atoms with Crippen LogP contribution in [0.4, 0.5) is 15.9 Å². The van der Waals surface area contributed by atoms with E-state index in [4.69, 9.17) is 16.3 Å². The van der Waals surface area contributed by atoms with Crippen molar-refractivity contribution in [2.75, 3.05) is 17.7 Å². The summed E-state index contributed by atoms with van der Waals surface area (Å²) in [5.41, 5.74) is -0.0830. The largest absolute Gasteiger partial charge is 0.465 e. The Kier molecular flexibility index (Phi) is 7.14. The van der Waals surface area contributed by atoms with E-state index < -0.39 is 41.1 Å². The Hall–Kier alpha value is -3.82. The number of amides is 2. The SMILES string of the molecule is COC(=O)c1ccc(NC(=O)[C@@H]2N[C@@H](CC(C)(C)C)[C@@]3(C(=O)Nc4ncccc43)[C@H]2c2cccc(Cl)c2F)cc1. The van der Waals surface area contributed by atoms with E-state index in [0.717, 1.165) is 0 Å². The van der Waals surface area contributed by atoms with Gasteiger partial charge in [0, 0.05) is 29.4 Å². The number of fused-ring (bicyclic) bond motifs is 2. The Morgan fingerprint density at radius 2 is 1.85 bits per heavy atom. The fraction of sp³-hybridized carbons (Fsp3) is 0.333. The molecule has 2 aliphatic rings. The summed E-state index contributed by atoms with van der Waals surface area (Å²) in [7, 11) is 1.29. The molecule has 1 saturated heterocycles. The lowest BCUT2D eigenvalue weighted by molar-refractivity contribution is -0.122. The van der Waals surface area contributed by atoms with Crippen molar-refractivity contribution in [3.05, 3.63) is 88.3 Å². The summed E-state index contributed by atoms with van der Waals surface area (Å²) in [5, 5.41) is 9.08. The van der Waals surface area contributed by atoms with E-state index in [9.17, 15) is 14.4 Å². The normalized spacial score (nSPS) is 23.6. The highest BCUT2D eigenvalue weighted by atomic mass is 35.5. The quantitative estimate of drug-likeness (QED) is 0.374. The van der Waals surface area contributed by atoms with E-state index in [1.54, 1.807) is 42.6 Å². The molecule has 40 heavy (non-hydrogen) atoms. The lowest BCUT2D eigenvalue weighted by Crippen LogP contribution is -2.49. The second kappa shape index (κ2) is 10.3. The minimum Gasteiger partial charge on any atom is -0.465 e. The standard InChI is InChI=1S/C30H30ClFN4O4/c1-29(2,3)15-21-30(19-8-6-14-33-25(19)36-28(30)39)22(18-7-5-9-20(31)23(18)32)24(35-21)26(37)34-17-12-10-16(11-13-17)27(38)40-4/h5-14,21-22,24,35H,15H2,1-4H3,(H,34,37)(H,33,36,39)/t21-,22-,24+,30+/m0/s1. The average Bonchev–Trinajstić information content (AvgIpc) is 3.40. The number of benzene rings is 2. The molecule has 3 aromatic rings. The third-order valence-electron chi connectivity index (χ3n) is 7.60. The number of esters is 1. The number of carbonyl (C=O) groups is 3. The van der Waals surface area contributed by atoms with Crippen LogP contribution in [0.15, 0.2) is 60.8 Å². The van der Waals surface area contributed by atoms with Crippen LogP contribution >= 0.6 is 11.6 Å². The smallest absolute Gasteiger partial charge is 0.337 e.